The van der Waals surface area contributed by atoms with E-state index in [4.69, 9.17) is 18.9 Å². The Morgan fingerprint density at radius 3 is 2.17 bits per heavy atom. The Hall–Kier alpha value is -4.80. The molecule has 0 aliphatic heterocycles. The third-order valence-electron chi connectivity index (χ3n) is 4.83. The number of benzene rings is 2. The summed E-state index contributed by atoms with van der Waals surface area (Å²) in [4.78, 5) is 25.2. The van der Waals surface area contributed by atoms with Crippen molar-refractivity contribution in [1.29, 1.82) is 0 Å². The van der Waals surface area contributed by atoms with Gasteiger partial charge >= 0.3 is 6.03 Å². The molecule has 0 atom stereocenters. The second kappa shape index (κ2) is 10.4. The number of nitrogens with one attached hydrogen (secondary N) is 2. The molecule has 2 aromatic carbocycles. The molecule has 2 amide bonds. The van der Waals surface area contributed by atoms with E-state index >= 15 is 0 Å². The van der Waals surface area contributed by atoms with Crippen molar-refractivity contribution < 1.29 is 23.7 Å². The molecule has 180 valence electrons. The second-order valence-corrected chi connectivity index (χ2v) is 7.20. The van der Waals surface area contributed by atoms with Crippen molar-refractivity contribution in [2.24, 2.45) is 0 Å². The minimum absolute atomic E-state index is 0.391. The lowest BCUT2D eigenvalue weighted by atomic mass is 10.2. The molecular weight excluding hydrogens is 452 g/mol. The predicted molar refractivity (Wildman–Crippen MR) is 129 cm³/mol. The molecule has 0 fully saturated rings. The number of methoxy groups -OCH3 is 3. The maximum atomic E-state index is 12.5. The van der Waals surface area contributed by atoms with Crippen LogP contribution in [0.5, 0.6) is 28.9 Å². The number of anilines is 2. The first-order valence-electron chi connectivity index (χ1n) is 10.5. The van der Waals surface area contributed by atoms with Gasteiger partial charge in [0.1, 0.15) is 23.7 Å². The van der Waals surface area contributed by atoms with Crippen LogP contribution in [0.3, 0.4) is 0 Å². The Morgan fingerprint density at radius 1 is 0.886 bits per heavy atom. The van der Waals surface area contributed by atoms with Gasteiger partial charge in [0.15, 0.2) is 11.5 Å². The minimum atomic E-state index is -0.440. The molecule has 0 aliphatic rings. The Bertz CT molecular complexity index is 1280. The van der Waals surface area contributed by atoms with Crippen molar-refractivity contribution in [2.45, 2.75) is 6.92 Å². The van der Waals surface area contributed by atoms with E-state index in [1.54, 1.807) is 72.7 Å². The minimum Gasteiger partial charge on any atom is -0.493 e. The van der Waals surface area contributed by atoms with Gasteiger partial charge in [-0.25, -0.2) is 14.8 Å². The number of nitrogens with zero attached hydrogens (tertiary/aromatic N) is 4. The highest BCUT2D eigenvalue weighted by atomic mass is 16.5. The zero-order valence-electron chi connectivity index (χ0n) is 19.6. The third-order valence-corrected chi connectivity index (χ3v) is 4.83. The Labute approximate surface area is 201 Å². The number of carbonyl (C=O) groups excluding carboxylic acids is 1. The fourth-order valence-corrected chi connectivity index (χ4v) is 3.28. The maximum Gasteiger partial charge on any atom is 0.323 e. The summed E-state index contributed by atoms with van der Waals surface area (Å²) in [6, 6.07) is 11.4. The molecule has 4 rings (SSSR count). The Kier molecular flexibility index (Phi) is 6.96. The number of imidazole rings is 1. The van der Waals surface area contributed by atoms with E-state index in [1.165, 1.54) is 21.3 Å². The lowest BCUT2D eigenvalue weighted by Crippen LogP contribution is -2.19. The Morgan fingerprint density at radius 2 is 1.57 bits per heavy atom. The lowest BCUT2D eigenvalue weighted by Gasteiger charge is -2.15. The Balaban J connectivity index is 1.41. The number of hydrogen-bond donors (Lipinski definition) is 2. The summed E-state index contributed by atoms with van der Waals surface area (Å²) in [5.41, 5.74) is 1.05. The smallest absolute Gasteiger partial charge is 0.323 e. The van der Waals surface area contributed by atoms with Crippen LogP contribution in [-0.4, -0.2) is 46.9 Å². The van der Waals surface area contributed by atoms with Gasteiger partial charge in [-0.1, -0.05) is 0 Å². The van der Waals surface area contributed by atoms with E-state index in [0.29, 0.717) is 51.9 Å². The van der Waals surface area contributed by atoms with Crippen molar-refractivity contribution in [2.75, 3.05) is 32.0 Å². The van der Waals surface area contributed by atoms with Crippen LogP contribution >= 0.6 is 0 Å². The molecule has 2 aromatic heterocycles. The van der Waals surface area contributed by atoms with Crippen LogP contribution in [-0.2, 0) is 0 Å². The normalized spacial score (nSPS) is 10.4. The van der Waals surface area contributed by atoms with Gasteiger partial charge < -0.3 is 29.6 Å². The fourth-order valence-electron chi connectivity index (χ4n) is 3.28. The molecule has 35 heavy (non-hydrogen) atoms. The average molecular weight is 476 g/mol. The first-order chi connectivity index (χ1) is 17.0. The number of carbonyl (C=O) groups is 1. The SMILES string of the molecule is COc1cc(NC(=O)Nc2ccc(Oc3cc(-n4ccnc4)nc(C)n3)cc2)cc(OC)c1OC. The largest absolute Gasteiger partial charge is 0.493 e. The topological polar surface area (TPSA) is 122 Å². The van der Waals surface area contributed by atoms with Crippen LogP contribution in [0.4, 0.5) is 16.2 Å². The molecule has 2 N–H and O–H groups in total. The van der Waals surface area contributed by atoms with Crippen molar-refractivity contribution in [3.63, 3.8) is 0 Å². The monoisotopic (exact) mass is 476 g/mol. The molecule has 0 saturated heterocycles. The van der Waals surface area contributed by atoms with Gasteiger partial charge in [0.25, 0.3) is 0 Å². The van der Waals surface area contributed by atoms with E-state index in [9.17, 15) is 4.79 Å². The summed E-state index contributed by atoms with van der Waals surface area (Å²) < 4.78 is 23.6. The standard InChI is InChI=1S/C24H24N6O5/c1-15-26-21(30-10-9-25-14-30)13-22(27-15)35-18-7-5-16(6-8-18)28-24(31)29-17-11-19(32-2)23(34-4)20(12-17)33-3/h5-14H,1-4H3,(H2,28,29,31). The summed E-state index contributed by atoms with van der Waals surface area (Å²) in [6.07, 6.45) is 5.10. The quantitative estimate of drug-likeness (QED) is 0.383. The number of aryl methyl sites for hydroxylation is 1. The van der Waals surface area contributed by atoms with Gasteiger partial charge in [0, 0.05) is 36.3 Å². The van der Waals surface area contributed by atoms with Gasteiger partial charge in [-0.3, -0.25) is 4.57 Å². The summed E-state index contributed by atoms with van der Waals surface area (Å²) in [5, 5.41) is 5.52. The van der Waals surface area contributed by atoms with Crippen molar-refractivity contribution >= 4 is 17.4 Å². The van der Waals surface area contributed by atoms with Crippen LogP contribution in [0.2, 0.25) is 0 Å². The van der Waals surface area contributed by atoms with Gasteiger partial charge in [-0.15, -0.1) is 0 Å². The lowest BCUT2D eigenvalue weighted by molar-refractivity contribution is 0.262. The second-order valence-electron chi connectivity index (χ2n) is 7.20. The van der Waals surface area contributed by atoms with E-state index in [-0.39, 0.29) is 0 Å². The predicted octanol–water partition coefficient (Wildman–Crippen LogP) is 4.43. The number of ether oxygens (including phenoxy) is 4. The molecule has 0 spiro atoms. The van der Waals surface area contributed by atoms with Gasteiger partial charge in [0.05, 0.1) is 27.0 Å². The highest BCUT2D eigenvalue weighted by Crippen LogP contribution is 2.40. The molecule has 11 nitrogen and oxygen atoms in total. The first kappa shape index (κ1) is 23.4. The van der Waals surface area contributed by atoms with Crippen LogP contribution < -0.4 is 29.6 Å². The highest BCUT2D eigenvalue weighted by molar-refractivity contribution is 6.00. The summed E-state index contributed by atoms with van der Waals surface area (Å²) in [5.74, 6) is 3.45. The molecule has 2 heterocycles. The number of rotatable bonds is 8. The molecule has 0 bridgehead atoms. The van der Waals surface area contributed by atoms with Crippen molar-refractivity contribution in [3.05, 3.63) is 67.0 Å². The van der Waals surface area contributed by atoms with E-state index in [1.807, 2.05) is 0 Å². The first-order valence-corrected chi connectivity index (χ1v) is 10.5. The summed E-state index contributed by atoms with van der Waals surface area (Å²) in [6.45, 7) is 1.78. The van der Waals surface area contributed by atoms with Crippen LogP contribution in [0.15, 0.2) is 61.2 Å². The molecule has 0 radical (unpaired) electrons. The number of urea groups is 1. The highest BCUT2D eigenvalue weighted by Gasteiger charge is 2.14. The molecule has 0 aliphatic carbocycles. The van der Waals surface area contributed by atoms with Crippen LogP contribution in [0, 0.1) is 6.92 Å². The fraction of sp³-hybridized carbons (Fsp3) is 0.167. The van der Waals surface area contributed by atoms with Gasteiger partial charge in [-0.05, 0) is 31.2 Å². The summed E-state index contributed by atoms with van der Waals surface area (Å²) >= 11 is 0. The van der Waals surface area contributed by atoms with Crippen LogP contribution in [0.1, 0.15) is 5.82 Å². The number of aromatic nitrogens is 4. The number of amides is 2. The van der Waals surface area contributed by atoms with E-state index in [2.05, 4.69) is 25.6 Å². The average Bonchev–Trinajstić information content (AvgIpc) is 3.39. The van der Waals surface area contributed by atoms with Crippen LogP contribution in [0.25, 0.3) is 5.82 Å². The third kappa shape index (κ3) is 5.58. The zero-order chi connectivity index (χ0) is 24.8. The van der Waals surface area contributed by atoms with Crippen molar-refractivity contribution in [3.8, 4) is 34.7 Å². The molecule has 0 unspecified atom stereocenters. The summed E-state index contributed by atoms with van der Waals surface area (Å²) in [7, 11) is 4.52. The van der Waals surface area contributed by atoms with E-state index < -0.39 is 6.03 Å². The van der Waals surface area contributed by atoms with Crippen molar-refractivity contribution in [1.82, 2.24) is 19.5 Å². The molecule has 0 saturated carbocycles. The number of hydrogen-bond acceptors (Lipinski definition) is 8. The zero-order valence-corrected chi connectivity index (χ0v) is 19.6. The van der Waals surface area contributed by atoms with E-state index in [0.717, 1.165) is 0 Å². The van der Waals surface area contributed by atoms with Gasteiger partial charge in [-0.2, -0.15) is 4.98 Å². The molecule has 4 aromatic rings. The molecular formula is C24H24N6O5. The molecule has 11 heteroatoms. The van der Waals surface area contributed by atoms with Gasteiger partial charge in [0.2, 0.25) is 11.6 Å². The maximum absolute atomic E-state index is 12.5.